The van der Waals surface area contributed by atoms with Crippen LogP contribution in [0.5, 0.6) is 0 Å². The second-order valence-electron chi connectivity index (χ2n) is 5.17. The molecular formula is C17H17ClN2O. The lowest BCUT2D eigenvalue weighted by molar-refractivity contribution is 0.308. The summed E-state index contributed by atoms with van der Waals surface area (Å²) in [6, 6.07) is 17.0. The van der Waals surface area contributed by atoms with E-state index in [2.05, 4.69) is 29.3 Å². The Morgan fingerprint density at radius 3 is 2.24 bits per heavy atom. The average Bonchev–Trinajstić information content (AvgIpc) is 2.92. The summed E-state index contributed by atoms with van der Waals surface area (Å²) in [5.74, 6) is 0. The van der Waals surface area contributed by atoms with Gasteiger partial charge in [-0.05, 0) is 41.7 Å². The van der Waals surface area contributed by atoms with Gasteiger partial charge in [0.25, 0.3) is 6.02 Å². The Balaban J connectivity index is 1.63. The number of rotatable bonds is 4. The molecule has 0 aromatic heterocycles. The largest absolute Gasteiger partial charge is 0.463 e. The topological polar surface area (TPSA) is 47.6 Å². The summed E-state index contributed by atoms with van der Waals surface area (Å²) in [4.78, 5) is 4.24. The first kappa shape index (κ1) is 14.0. The molecule has 0 saturated heterocycles. The van der Waals surface area contributed by atoms with Gasteiger partial charge >= 0.3 is 0 Å². The molecule has 2 aromatic rings. The molecule has 4 heteroatoms. The highest BCUT2D eigenvalue weighted by Gasteiger charge is 2.16. The zero-order valence-electron chi connectivity index (χ0n) is 11.6. The smallest absolute Gasteiger partial charge is 0.282 e. The van der Waals surface area contributed by atoms with Crippen molar-refractivity contribution >= 4 is 17.6 Å². The maximum absolute atomic E-state index is 5.91. The van der Waals surface area contributed by atoms with Gasteiger partial charge in [0.1, 0.15) is 6.61 Å². The Bertz CT molecular complexity index is 635. The highest BCUT2D eigenvalue weighted by molar-refractivity contribution is 6.30. The van der Waals surface area contributed by atoms with Gasteiger partial charge in [0.15, 0.2) is 0 Å². The Morgan fingerprint density at radius 1 is 1.05 bits per heavy atom. The summed E-state index contributed by atoms with van der Waals surface area (Å²) in [6.07, 6.45) is 1.94. The number of aliphatic imine (C=N–C) groups is 1. The average molecular weight is 301 g/mol. The van der Waals surface area contributed by atoms with Crippen molar-refractivity contribution in [3.05, 3.63) is 59.1 Å². The third-order valence-corrected chi connectivity index (χ3v) is 3.88. The number of benzene rings is 2. The number of hydrogen-bond donors (Lipinski definition) is 1. The molecule has 0 saturated carbocycles. The lowest BCUT2D eigenvalue weighted by atomic mass is 10.0. The molecule has 1 atom stereocenters. The molecule has 1 unspecified atom stereocenters. The molecule has 0 bridgehead atoms. The van der Waals surface area contributed by atoms with E-state index >= 15 is 0 Å². The Labute approximate surface area is 129 Å². The molecule has 0 aliphatic carbocycles. The molecule has 108 valence electrons. The van der Waals surface area contributed by atoms with Gasteiger partial charge in [-0.3, -0.25) is 0 Å². The van der Waals surface area contributed by atoms with Gasteiger partial charge in [0.2, 0.25) is 0 Å². The first-order valence-corrected chi connectivity index (χ1v) is 7.39. The van der Waals surface area contributed by atoms with E-state index in [1.165, 1.54) is 16.7 Å². The van der Waals surface area contributed by atoms with E-state index in [0.717, 1.165) is 17.9 Å². The van der Waals surface area contributed by atoms with E-state index in [9.17, 15) is 0 Å². The van der Waals surface area contributed by atoms with Gasteiger partial charge in [-0.2, -0.15) is 0 Å². The van der Waals surface area contributed by atoms with Crippen molar-refractivity contribution in [2.45, 2.75) is 18.9 Å². The number of nitrogens with two attached hydrogens (primary N) is 1. The maximum atomic E-state index is 5.91. The highest BCUT2D eigenvalue weighted by atomic mass is 35.5. The van der Waals surface area contributed by atoms with Crippen LogP contribution in [-0.4, -0.2) is 18.7 Å². The quantitative estimate of drug-likeness (QED) is 0.937. The van der Waals surface area contributed by atoms with E-state index in [-0.39, 0.29) is 6.04 Å². The zero-order chi connectivity index (χ0) is 14.7. The van der Waals surface area contributed by atoms with Gasteiger partial charge in [-0.1, -0.05) is 48.0 Å². The third kappa shape index (κ3) is 3.56. The highest BCUT2D eigenvalue weighted by Crippen LogP contribution is 2.22. The van der Waals surface area contributed by atoms with Crippen LogP contribution in [0.15, 0.2) is 53.5 Å². The summed E-state index contributed by atoms with van der Waals surface area (Å²) in [5.41, 5.74) is 9.18. The number of hydrogen-bond acceptors (Lipinski definition) is 3. The molecule has 2 aromatic carbocycles. The fourth-order valence-electron chi connectivity index (χ4n) is 2.42. The summed E-state index contributed by atoms with van der Waals surface area (Å²) in [6.45, 7) is 0.606. The van der Waals surface area contributed by atoms with Crippen LogP contribution in [-0.2, 0) is 11.2 Å². The number of aryl methyl sites for hydroxylation is 1. The van der Waals surface area contributed by atoms with Gasteiger partial charge < -0.3 is 10.5 Å². The van der Waals surface area contributed by atoms with Crippen molar-refractivity contribution < 1.29 is 4.74 Å². The lowest BCUT2D eigenvalue weighted by Crippen LogP contribution is -2.10. The van der Waals surface area contributed by atoms with Crippen LogP contribution >= 0.6 is 11.6 Å². The fraction of sp³-hybridized carbons (Fsp3) is 0.235. The molecule has 2 N–H and O–H groups in total. The second-order valence-corrected chi connectivity index (χ2v) is 5.61. The summed E-state index contributed by atoms with van der Waals surface area (Å²) in [7, 11) is 0. The lowest BCUT2D eigenvalue weighted by Gasteiger charge is -2.07. The molecule has 1 heterocycles. The number of halogens is 1. The molecule has 0 radical (unpaired) electrons. The van der Waals surface area contributed by atoms with Gasteiger partial charge in [0.05, 0.1) is 6.04 Å². The van der Waals surface area contributed by atoms with Crippen molar-refractivity contribution in [2.24, 2.45) is 10.7 Å². The number of nitrogens with zero attached hydrogens (tertiary/aromatic N) is 1. The van der Waals surface area contributed by atoms with Crippen LogP contribution in [0.4, 0.5) is 0 Å². The van der Waals surface area contributed by atoms with Crippen LogP contribution in [0.1, 0.15) is 12.0 Å². The Kier molecular flexibility index (Phi) is 4.11. The minimum absolute atomic E-state index is 0.195. The Hall–Kier alpha value is -2.00. The van der Waals surface area contributed by atoms with Crippen molar-refractivity contribution in [3.63, 3.8) is 0 Å². The van der Waals surface area contributed by atoms with Crippen molar-refractivity contribution in [1.29, 1.82) is 0 Å². The first-order chi connectivity index (χ1) is 10.2. The molecule has 1 aliphatic rings. The predicted octanol–water partition coefficient (Wildman–Crippen LogP) is 3.65. The zero-order valence-corrected chi connectivity index (χ0v) is 12.4. The van der Waals surface area contributed by atoms with Crippen molar-refractivity contribution in [2.75, 3.05) is 6.61 Å². The number of amidine groups is 1. The molecule has 0 amide bonds. The van der Waals surface area contributed by atoms with Crippen molar-refractivity contribution in [1.82, 2.24) is 0 Å². The van der Waals surface area contributed by atoms with E-state index in [0.29, 0.717) is 12.6 Å². The molecule has 3 rings (SSSR count). The van der Waals surface area contributed by atoms with Crippen LogP contribution in [0, 0.1) is 0 Å². The van der Waals surface area contributed by atoms with Crippen LogP contribution < -0.4 is 5.73 Å². The first-order valence-electron chi connectivity index (χ1n) is 7.02. The van der Waals surface area contributed by atoms with Gasteiger partial charge in [-0.15, -0.1) is 0 Å². The van der Waals surface area contributed by atoms with E-state index in [1.807, 2.05) is 24.3 Å². The molecule has 0 fully saturated rings. The van der Waals surface area contributed by atoms with Crippen LogP contribution in [0.25, 0.3) is 11.1 Å². The summed E-state index contributed by atoms with van der Waals surface area (Å²) in [5, 5.41) is 0.758. The summed E-state index contributed by atoms with van der Waals surface area (Å²) >= 11 is 5.91. The molecule has 3 nitrogen and oxygen atoms in total. The third-order valence-electron chi connectivity index (χ3n) is 3.63. The minimum atomic E-state index is 0.195. The van der Waals surface area contributed by atoms with Crippen molar-refractivity contribution in [3.8, 4) is 11.1 Å². The molecule has 1 aliphatic heterocycles. The van der Waals surface area contributed by atoms with Gasteiger partial charge in [0, 0.05) is 5.02 Å². The van der Waals surface area contributed by atoms with Crippen LogP contribution in [0.2, 0.25) is 5.02 Å². The molecule has 21 heavy (non-hydrogen) atoms. The SMILES string of the molecule is NC1=NC(CCc2ccc(-c3ccc(Cl)cc3)cc2)CO1. The van der Waals surface area contributed by atoms with Gasteiger partial charge in [-0.25, -0.2) is 4.99 Å². The maximum Gasteiger partial charge on any atom is 0.282 e. The molecular weight excluding hydrogens is 284 g/mol. The summed E-state index contributed by atoms with van der Waals surface area (Å²) < 4.78 is 5.16. The normalized spacial score (nSPS) is 17.4. The van der Waals surface area contributed by atoms with E-state index in [4.69, 9.17) is 22.1 Å². The van der Waals surface area contributed by atoms with Crippen LogP contribution in [0.3, 0.4) is 0 Å². The fourth-order valence-corrected chi connectivity index (χ4v) is 2.55. The standard InChI is InChI=1S/C17H17ClN2O/c18-15-8-6-14(7-9-15)13-4-1-12(2-5-13)3-10-16-11-21-17(19)20-16/h1-2,4-9,16H,3,10-11H2,(H2,19,20). The van der Waals surface area contributed by atoms with E-state index < -0.39 is 0 Å². The molecule has 0 spiro atoms. The monoisotopic (exact) mass is 300 g/mol. The minimum Gasteiger partial charge on any atom is -0.463 e. The number of ether oxygens (including phenoxy) is 1. The Morgan fingerprint density at radius 2 is 1.67 bits per heavy atom. The van der Waals surface area contributed by atoms with E-state index in [1.54, 1.807) is 0 Å². The predicted molar refractivity (Wildman–Crippen MR) is 86.6 cm³/mol. The second kappa shape index (κ2) is 6.19.